The number of aryl methyl sites for hydroxylation is 1. The smallest absolute Gasteiger partial charge is 0.141 e. The van der Waals surface area contributed by atoms with Gasteiger partial charge < -0.3 is 10.2 Å². The lowest BCUT2D eigenvalue weighted by molar-refractivity contribution is -0.161. The lowest BCUT2D eigenvalue weighted by Gasteiger charge is -2.10. The van der Waals surface area contributed by atoms with Crippen molar-refractivity contribution in [2.45, 2.75) is 11.8 Å². The molecule has 0 aliphatic carbocycles. The van der Waals surface area contributed by atoms with Crippen LogP contribution in [0.3, 0.4) is 0 Å². The van der Waals surface area contributed by atoms with Crippen molar-refractivity contribution in [3.63, 3.8) is 0 Å². The molecule has 0 amide bonds. The molecule has 0 saturated carbocycles. The van der Waals surface area contributed by atoms with Gasteiger partial charge in [-0.3, -0.25) is 0 Å². The lowest BCUT2D eigenvalue weighted by atomic mass is 10.0. The molecule has 0 saturated heterocycles. The number of fused-ring (bicyclic) bond motifs is 1. The van der Waals surface area contributed by atoms with E-state index in [0.29, 0.717) is 5.69 Å². The minimum Gasteiger partial charge on any atom is -0.508 e. The van der Waals surface area contributed by atoms with Gasteiger partial charge in [0.25, 0.3) is 0 Å². The summed E-state index contributed by atoms with van der Waals surface area (Å²) in [4.78, 5) is 5.73. The third kappa shape index (κ3) is 3.34. The first-order chi connectivity index (χ1) is 11.2. The topological polar surface area (TPSA) is 71.0 Å². The van der Waals surface area contributed by atoms with E-state index in [1.165, 1.54) is 6.07 Å². The van der Waals surface area contributed by atoms with Crippen LogP contribution in [0.5, 0.6) is 11.5 Å². The molecule has 3 aromatic rings. The predicted molar refractivity (Wildman–Crippen MR) is 90.1 cm³/mol. The van der Waals surface area contributed by atoms with Crippen LogP contribution in [0.25, 0.3) is 10.8 Å². The molecule has 118 valence electrons. The molecule has 23 heavy (non-hydrogen) atoms. The molecule has 0 aromatic heterocycles. The summed E-state index contributed by atoms with van der Waals surface area (Å²) < 4.78 is 5.09. The Bertz CT molecular complexity index is 838. The monoisotopic (exact) mass is 329 g/mol. The molecule has 5 nitrogen and oxygen atoms in total. The number of aromatic hydroxyl groups is 2. The fourth-order valence-electron chi connectivity index (χ4n) is 2.26. The van der Waals surface area contributed by atoms with Crippen LogP contribution in [-0.2, 0) is 9.32 Å². The highest BCUT2D eigenvalue weighted by Gasteiger charge is 2.09. The SMILES string of the molecule is Cc1c(O)ccc2cccc(SOONc3ccccc3O)c12. The number of anilines is 1. The maximum absolute atomic E-state index is 9.87. The van der Waals surface area contributed by atoms with Crippen LogP contribution in [0, 0.1) is 6.92 Å². The largest absolute Gasteiger partial charge is 0.508 e. The van der Waals surface area contributed by atoms with Crippen LogP contribution in [0.2, 0.25) is 0 Å². The average Bonchev–Trinajstić information content (AvgIpc) is 2.56. The van der Waals surface area contributed by atoms with Crippen molar-refractivity contribution in [1.82, 2.24) is 0 Å². The summed E-state index contributed by atoms with van der Waals surface area (Å²) in [7, 11) is 0. The molecule has 3 rings (SSSR count). The summed E-state index contributed by atoms with van der Waals surface area (Å²) in [6, 6.07) is 15.9. The molecule has 0 atom stereocenters. The Morgan fingerprint density at radius 1 is 0.913 bits per heavy atom. The Morgan fingerprint density at radius 2 is 1.74 bits per heavy atom. The maximum atomic E-state index is 9.87. The Kier molecular flexibility index (Phi) is 4.57. The molecule has 0 aliphatic heterocycles. The number of phenols is 2. The number of phenolic OH excluding ortho intramolecular Hbond substituents is 2. The third-order valence-electron chi connectivity index (χ3n) is 3.45. The molecule has 0 aliphatic rings. The van der Waals surface area contributed by atoms with E-state index >= 15 is 0 Å². The normalized spacial score (nSPS) is 10.8. The second kappa shape index (κ2) is 6.78. The van der Waals surface area contributed by atoms with E-state index in [1.54, 1.807) is 24.3 Å². The Labute approximate surface area is 137 Å². The van der Waals surface area contributed by atoms with E-state index in [1.807, 2.05) is 31.2 Å². The molecule has 0 spiro atoms. The second-order valence-electron chi connectivity index (χ2n) is 4.92. The van der Waals surface area contributed by atoms with Crippen molar-refractivity contribution in [2.75, 3.05) is 5.48 Å². The van der Waals surface area contributed by atoms with Gasteiger partial charge in [0.15, 0.2) is 0 Å². The first kappa shape index (κ1) is 15.5. The lowest BCUT2D eigenvalue weighted by Crippen LogP contribution is -1.98. The first-order valence-electron chi connectivity index (χ1n) is 6.92. The maximum Gasteiger partial charge on any atom is 0.141 e. The van der Waals surface area contributed by atoms with Gasteiger partial charge in [-0.25, -0.2) is 5.48 Å². The van der Waals surface area contributed by atoms with Gasteiger partial charge in [0.05, 0.1) is 12.0 Å². The number of para-hydroxylation sites is 2. The Morgan fingerprint density at radius 3 is 2.57 bits per heavy atom. The van der Waals surface area contributed by atoms with Crippen LogP contribution in [0.15, 0.2) is 59.5 Å². The summed E-state index contributed by atoms with van der Waals surface area (Å²) >= 11 is 1.02. The number of hydrogen-bond acceptors (Lipinski definition) is 6. The van der Waals surface area contributed by atoms with Crippen molar-refractivity contribution in [3.05, 3.63) is 60.2 Å². The number of hydrogen-bond donors (Lipinski definition) is 3. The highest BCUT2D eigenvalue weighted by molar-refractivity contribution is 7.94. The predicted octanol–water partition coefficient (Wildman–Crippen LogP) is 4.54. The van der Waals surface area contributed by atoms with Crippen molar-refractivity contribution in [3.8, 4) is 11.5 Å². The molecular weight excluding hydrogens is 314 g/mol. The molecule has 3 aromatic carbocycles. The molecular formula is C17H15NO4S. The molecule has 0 unspecified atom stereocenters. The van der Waals surface area contributed by atoms with Gasteiger partial charge in [0.2, 0.25) is 0 Å². The summed E-state index contributed by atoms with van der Waals surface area (Å²) in [6.45, 7) is 1.85. The van der Waals surface area contributed by atoms with Crippen molar-refractivity contribution < 1.29 is 19.5 Å². The zero-order valence-corrected chi connectivity index (χ0v) is 13.1. The van der Waals surface area contributed by atoms with Crippen molar-refractivity contribution in [1.29, 1.82) is 0 Å². The zero-order valence-electron chi connectivity index (χ0n) is 12.3. The number of benzene rings is 3. The number of rotatable bonds is 5. The van der Waals surface area contributed by atoms with Gasteiger partial charge in [-0.05, 0) is 42.1 Å². The van der Waals surface area contributed by atoms with E-state index < -0.39 is 0 Å². The standard InChI is InChI=1S/C17H15NO4S/c1-11-14(19)10-9-12-5-4-8-16(17(11)12)23-22-21-18-13-6-2-3-7-15(13)20/h2-10,18-20H,1H3. The fraction of sp³-hybridized carbons (Fsp3) is 0.0588. The van der Waals surface area contributed by atoms with E-state index in [-0.39, 0.29) is 11.5 Å². The van der Waals surface area contributed by atoms with Crippen LogP contribution in [0.1, 0.15) is 5.56 Å². The van der Waals surface area contributed by atoms with Gasteiger partial charge in [-0.1, -0.05) is 30.3 Å². The summed E-state index contributed by atoms with van der Waals surface area (Å²) in [5, 5.41) is 21.4. The Balaban J connectivity index is 1.70. The molecule has 0 bridgehead atoms. The summed E-state index contributed by atoms with van der Waals surface area (Å²) in [5.74, 6) is 0.297. The van der Waals surface area contributed by atoms with Crippen LogP contribution in [-0.4, -0.2) is 10.2 Å². The second-order valence-corrected chi connectivity index (χ2v) is 5.66. The van der Waals surface area contributed by atoms with E-state index in [9.17, 15) is 10.2 Å². The minimum absolute atomic E-state index is 0.0621. The highest BCUT2D eigenvalue weighted by atomic mass is 32.2. The van der Waals surface area contributed by atoms with Gasteiger partial charge >= 0.3 is 0 Å². The van der Waals surface area contributed by atoms with E-state index in [4.69, 9.17) is 9.32 Å². The van der Waals surface area contributed by atoms with E-state index in [2.05, 4.69) is 5.48 Å². The zero-order chi connectivity index (χ0) is 16.2. The number of nitrogens with one attached hydrogen (secondary N) is 1. The van der Waals surface area contributed by atoms with Gasteiger partial charge in [0, 0.05) is 10.3 Å². The van der Waals surface area contributed by atoms with Crippen molar-refractivity contribution in [2.24, 2.45) is 0 Å². The third-order valence-corrected chi connectivity index (χ3v) is 4.11. The minimum atomic E-state index is 0.0621. The first-order valence-corrected chi connectivity index (χ1v) is 7.66. The average molecular weight is 329 g/mol. The van der Waals surface area contributed by atoms with Crippen LogP contribution in [0.4, 0.5) is 5.69 Å². The summed E-state index contributed by atoms with van der Waals surface area (Å²) in [6.07, 6.45) is 0. The van der Waals surface area contributed by atoms with Gasteiger partial charge in [-0.2, -0.15) is 0 Å². The van der Waals surface area contributed by atoms with E-state index in [0.717, 1.165) is 33.3 Å². The molecule has 3 N–H and O–H groups in total. The highest BCUT2D eigenvalue weighted by Crippen LogP contribution is 2.34. The van der Waals surface area contributed by atoms with Crippen molar-refractivity contribution >= 4 is 28.5 Å². The van der Waals surface area contributed by atoms with Gasteiger partial charge in [0.1, 0.15) is 17.2 Å². The molecule has 0 heterocycles. The fourth-order valence-corrected chi connectivity index (χ4v) is 2.88. The molecule has 6 heteroatoms. The Hall–Kier alpha value is -2.41. The van der Waals surface area contributed by atoms with Crippen LogP contribution >= 0.6 is 12.0 Å². The molecule has 0 radical (unpaired) electrons. The quantitative estimate of drug-likeness (QED) is 0.210. The van der Waals surface area contributed by atoms with Gasteiger partial charge in [-0.15, -0.1) is 9.32 Å². The molecule has 0 fully saturated rings. The summed E-state index contributed by atoms with van der Waals surface area (Å²) in [5.41, 5.74) is 3.70. The van der Waals surface area contributed by atoms with Crippen LogP contribution < -0.4 is 5.48 Å².